The Morgan fingerprint density at radius 2 is 2.57 bits per heavy atom. The van der Waals surface area contributed by atoms with Gasteiger partial charge in [-0.05, 0) is 26.2 Å². The maximum absolute atomic E-state index is 11.0. The van der Waals surface area contributed by atoms with Gasteiger partial charge in [-0.3, -0.25) is 9.48 Å². The first kappa shape index (κ1) is 9.24. The third kappa shape index (κ3) is 1.41. The normalized spacial score (nSPS) is 20.5. The van der Waals surface area contributed by atoms with Gasteiger partial charge in [-0.2, -0.15) is 5.10 Å². The van der Waals surface area contributed by atoms with E-state index >= 15 is 0 Å². The van der Waals surface area contributed by atoms with Crippen LogP contribution in [0, 0.1) is 0 Å². The molecular weight excluding hydrogens is 180 g/mol. The maximum Gasteiger partial charge on any atom is 0.311 e. The highest BCUT2D eigenvalue weighted by Gasteiger charge is 2.28. The lowest BCUT2D eigenvalue weighted by Gasteiger charge is -2.16. The largest absolute Gasteiger partial charge is 0.481 e. The Balaban J connectivity index is 2.38. The number of hydrogen-bond donors (Lipinski definition) is 1. The summed E-state index contributed by atoms with van der Waals surface area (Å²) in [6.07, 6.45) is 4.49. The zero-order chi connectivity index (χ0) is 10.1. The average Bonchev–Trinajstić information content (AvgIpc) is 2.59. The summed E-state index contributed by atoms with van der Waals surface area (Å²) < 4.78 is 1.83. The molecule has 1 aromatic heterocycles. The second kappa shape index (κ2) is 3.44. The van der Waals surface area contributed by atoms with Gasteiger partial charge in [-0.1, -0.05) is 0 Å². The summed E-state index contributed by atoms with van der Waals surface area (Å²) in [6, 6.07) is 0. The summed E-state index contributed by atoms with van der Waals surface area (Å²) in [6.45, 7) is 2.81. The van der Waals surface area contributed by atoms with Crippen molar-refractivity contribution in [2.45, 2.75) is 38.6 Å². The van der Waals surface area contributed by atoms with E-state index in [1.165, 1.54) is 0 Å². The molecule has 0 bridgehead atoms. The zero-order valence-electron chi connectivity index (χ0n) is 8.23. The third-order valence-electron chi connectivity index (χ3n) is 2.77. The van der Waals surface area contributed by atoms with Gasteiger partial charge in [0.1, 0.15) is 0 Å². The molecule has 1 aromatic rings. The molecule has 4 nitrogen and oxygen atoms in total. The molecule has 0 aromatic carbocycles. The molecule has 76 valence electrons. The van der Waals surface area contributed by atoms with E-state index in [-0.39, 0.29) is 5.92 Å². The molecule has 0 aliphatic heterocycles. The highest BCUT2D eigenvalue weighted by molar-refractivity contribution is 5.76. The van der Waals surface area contributed by atoms with Crippen LogP contribution < -0.4 is 0 Å². The lowest BCUT2D eigenvalue weighted by molar-refractivity contribution is -0.139. The summed E-state index contributed by atoms with van der Waals surface area (Å²) >= 11 is 0. The van der Waals surface area contributed by atoms with Crippen LogP contribution in [0.3, 0.4) is 0 Å². The van der Waals surface area contributed by atoms with E-state index in [1.807, 2.05) is 17.8 Å². The predicted octanol–water partition coefficient (Wildman–Crippen LogP) is 1.41. The monoisotopic (exact) mass is 194 g/mol. The molecule has 0 radical (unpaired) electrons. The molecule has 1 aliphatic rings. The van der Waals surface area contributed by atoms with Crippen LogP contribution in [0.1, 0.15) is 36.9 Å². The molecule has 0 spiro atoms. The minimum atomic E-state index is -0.721. The van der Waals surface area contributed by atoms with Crippen molar-refractivity contribution in [3.8, 4) is 0 Å². The minimum Gasteiger partial charge on any atom is -0.481 e. The minimum absolute atomic E-state index is 0.334. The highest BCUT2D eigenvalue weighted by atomic mass is 16.4. The van der Waals surface area contributed by atoms with Crippen LogP contribution in [0.25, 0.3) is 0 Å². The van der Waals surface area contributed by atoms with Crippen molar-refractivity contribution in [3.05, 3.63) is 17.5 Å². The van der Waals surface area contributed by atoms with Crippen molar-refractivity contribution < 1.29 is 9.90 Å². The standard InChI is InChI=1S/C10H14N2O2/c1-2-12-6-8-7(10(13)14)4-3-5-9(8)11-12/h6-7H,2-5H2,1H3,(H,13,14). The lowest BCUT2D eigenvalue weighted by atomic mass is 9.87. The lowest BCUT2D eigenvalue weighted by Crippen LogP contribution is -2.16. The summed E-state index contributed by atoms with van der Waals surface area (Å²) in [5.74, 6) is -1.05. The van der Waals surface area contributed by atoms with Gasteiger partial charge in [0.2, 0.25) is 0 Å². The Bertz CT molecular complexity index is 357. The van der Waals surface area contributed by atoms with Gasteiger partial charge in [0.05, 0.1) is 11.6 Å². The Morgan fingerprint density at radius 1 is 1.79 bits per heavy atom. The van der Waals surface area contributed by atoms with E-state index in [9.17, 15) is 4.79 Å². The molecule has 0 saturated carbocycles. The van der Waals surface area contributed by atoms with E-state index in [0.29, 0.717) is 0 Å². The topological polar surface area (TPSA) is 55.1 Å². The fourth-order valence-corrected chi connectivity index (χ4v) is 2.01. The number of hydrogen-bond acceptors (Lipinski definition) is 2. The van der Waals surface area contributed by atoms with Crippen LogP contribution in [0.4, 0.5) is 0 Å². The van der Waals surface area contributed by atoms with Crippen molar-refractivity contribution in [1.29, 1.82) is 0 Å². The van der Waals surface area contributed by atoms with E-state index < -0.39 is 5.97 Å². The molecule has 1 unspecified atom stereocenters. The predicted molar refractivity (Wildman–Crippen MR) is 51.2 cm³/mol. The van der Waals surface area contributed by atoms with Crippen LogP contribution in [0.5, 0.6) is 0 Å². The molecule has 0 saturated heterocycles. The Kier molecular flexibility index (Phi) is 2.27. The Labute approximate surface area is 82.5 Å². The number of carboxylic acids is 1. The van der Waals surface area contributed by atoms with Crippen LogP contribution in [-0.4, -0.2) is 20.9 Å². The summed E-state index contributed by atoms with van der Waals surface area (Å²) in [7, 11) is 0. The first-order chi connectivity index (χ1) is 6.72. The van der Waals surface area contributed by atoms with Crippen molar-refractivity contribution in [3.63, 3.8) is 0 Å². The first-order valence-corrected chi connectivity index (χ1v) is 5.01. The van der Waals surface area contributed by atoms with Crippen molar-refractivity contribution in [2.24, 2.45) is 0 Å². The van der Waals surface area contributed by atoms with Crippen molar-refractivity contribution in [2.75, 3.05) is 0 Å². The molecule has 14 heavy (non-hydrogen) atoms. The molecule has 1 atom stereocenters. The number of aliphatic carboxylic acids is 1. The van der Waals surface area contributed by atoms with Crippen LogP contribution in [0.15, 0.2) is 6.20 Å². The van der Waals surface area contributed by atoms with E-state index in [0.717, 1.165) is 37.1 Å². The average molecular weight is 194 g/mol. The molecule has 1 N–H and O–H groups in total. The van der Waals surface area contributed by atoms with Gasteiger partial charge in [-0.15, -0.1) is 0 Å². The smallest absolute Gasteiger partial charge is 0.311 e. The molecule has 4 heteroatoms. The number of carboxylic acid groups (broad SMARTS) is 1. The molecule has 1 heterocycles. The second-order valence-electron chi connectivity index (χ2n) is 3.67. The summed E-state index contributed by atoms with van der Waals surface area (Å²) in [5, 5.41) is 13.4. The Hall–Kier alpha value is -1.32. The highest BCUT2D eigenvalue weighted by Crippen LogP contribution is 2.30. The van der Waals surface area contributed by atoms with Gasteiger partial charge in [0.15, 0.2) is 0 Å². The van der Waals surface area contributed by atoms with Gasteiger partial charge < -0.3 is 5.11 Å². The SMILES string of the molecule is CCn1cc2c(n1)CCCC2C(=O)O. The number of aryl methyl sites for hydroxylation is 2. The fourth-order valence-electron chi connectivity index (χ4n) is 2.01. The third-order valence-corrected chi connectivity index (χ3v) is 2.77. The first-order valence-electron chi connectivity index (χ1n) is 5.01. The van der Waals surface area contributed by atoms with E-state index in [4.69, 9.17) is 5.11 Å². The van der Waals surface area contributed by atoms with Gasteiger partial charge in [0, 0.05) is 18.3 Å². The number of aromatic nitrogens is 2. The summed E-state index contributed by atoms with van der Waals surface area (Å²) in [4.78, 5) is 11.0. The van der Waals surface area contributed by atoms with E-state index in [2.05, 4.69) is 5.10 Å². The van der Waals surface area contributed by atoms with Crippen LogP contribution in [-0.2, 0) is 17.8 Å². The second-order valence-corrected chi connectivity index (χ2v) is 3.67. The fraction of sp³-hybridized carbons (Fsp3) is 0.600. The molecule has 1 aliphatic carbocycles. The Morgan fingerprint density at radius 3 is 3.21 bits per heavy atom. The van der Waals surface area contributed by atoms with Gasteiger partial charge >= 0.3 is 5.97 Å². The number of rotatable bonds is 2. The number of nitrogens with zero attached hydrogens (tertiary/aromatic N) is 2. The number of fused-ring (bicyclic) bond motifs is 1. The van der Waals surface area contributed by atoms with Gasteiger partial charge in [-0.25, -0.2) is 0 Å². The van der Waals surface area contributed by atoms with E-state index in [1.54, 1.807) is 0 Å². The quantitative estimate of drug-likeness (QED) is 0.774. The molecule has 2 rings (SSSR count). The molecule has 0 amide bonds. The summed E-state index contributed by atoms with van der Waals surface area (Å²) in [5.41, 5.74) is 1.90. The zero-order valence-corrected chi connectivity index (χ0v) is 8.23. The van der Waals surface area contributed by atoms with Crippen LogP contribution >= 0.6 is 0 Å². The maximum atomic E-state index is 11.0. The van der Waals surface area contributed by atoms with Crippen molar-refractivity contribution in [1.82, 2.24) is 9.78 Å². The molecular formula is C10H14N2O2. The van der Waals surface area contributed by atoms with Crippen LogP contribution in [0.2, 0.25) is 0 Å². The number of carbonyl (C=O) groups is 1. The van der Waals surface area contributed by atoms with Gasteiger partial charge in [0.25, 0.3) is 0 Å². The van der Waals surface area contributed by atoms with Crippen molar-refractivity contribution >= 4 is 5.97 Å². The molecule has 0 fully saturated rings.